The number of amides is 1. The summed E-state index contributed by atoms with van der Waals surface area (Å²) in [5.74, 6) is 1.26. The van der Waals surface area contributed by atoms with E-state index in [0.29, 0.717) is 17.6 Å². The van der Waals surface area contributed by atoms with Gasteiger partial charge in [-0.2, -0.15) is 0 Å². The third kappa shape index (κ3) is 3.42. The van der Waals surface area contributed by atoms with Gasteiger partial charge in [-0.15, -0.1) is 0 Å². The summed E-state index contributed by atoms with van der Waals surface area (Å²) in [5, 5.41) is 6.25. The van der Waals surface area contributed by atoms with Crippen LogP contribution < -0.4 is 10.6 Å². The fraction of sp³-hybridized carbons (Fsp3) is 0.933. The Hall–Kier alpha value is -0.620. The molecular weight excluding hydrogens is 288 g/mol. The lowest BCUT2D eigenvalue weighted by molar-refractivity contribution is -0.133. The van der Waals surface area contributed by atoms with Gasteiger partial charge in [0.2, 0.25) is 5.91 Å². The van der Waals surface area contributed by atoms with Crippen molar-refractivity contribution in [1.82, 2.24) is 10.6 Å². The largest absolute Gasteiger partial charge is 0.355 e. The van der Waals surface area contributed by atoms with E-state index in [9.17, 15) is 13.2 Å². The molecule has 0 spiro atoms. The Labute approximate surface area is 127 Å². The quantitative estimate of drug-likeness (QED) is 0.757. The normalized spacial score (nSPS) is 32.7. The lowest BCUT2D eigenvalue weighted by Gasteiger charge is -2.37. The zero-order chi connectivity index (χ0) is 14.9. The van der Waals surface area contributed by atoms with E-state index in [0.717, 1.165) is 45.2 Å². The number of rotatable bonds is 6. The van der Waals surface area contributed by atoms with Gasteiger partial charge in [0.05, 0.1) is 16.9 Å². The first-order valence-electron chi connectivity index (χ1n) is 8.21. The van der Waals surface area contributed by atoms with Crippen LogP contribution in [0.5, 0.6) is 0 Å². The van der Waals surface area contributed by atoms with Crippen molar-refractivity contribution in [3.05, 3.63) is 0 Å². The SMILES string of the molecule is O=C(NCCS(=O)(=O)CC1CC1)[C@@]12CCCC[C@H]1CNC2. The molecule has 2 atom stereocenters. The average molecular weight is 314 g/mol. The molecular formula is C15H26N2O3S. The molecule has 5 nitrogen and oxygen atoms in total. The zero-order valence-electron chi connectivity index (χ0n) is 12.6. The van der Waals surface area contributed by atoms with E-state index in [1.165, 1.54) is 6.42 Å². The van der Waals surface area contributed by atoms with Crippen LogP contribution in [0.2, 0.25) is 0 Å². The second-order valence-electron chi connectivity index (χ2n) is 7.04. The number of sulfone groups is 1. The molecule has 0 aromatic heterocycles. The van der Waals surface area contributed by atoms with E-state index in [4.69, 9.17) is 0 Å². The summed E-state index contributed by atoms with van der Waals surface area (Å²) in [6.07, 6.45) is 6.44. The smallest absolute Gasteiger partial charge is 0.227 e. The molecule has 2 aliphatic carbocycles. The highest BCUT2D eigenvalue weighted by Gasteiger charge is 2.49. The van der Waals surface area contributed by atoms with Crippen molar-refractivity contribution in [2.24, 2.45) is 17.3 Å². The summed E-state index contributed by atoms with van der Waals surface area (Å²) in [6.45, 7) is 1.94. The topological polar surface area (TPSA) is 75.3 Å². The molecule has 2 saturated carbocycles. The summed E-state index contributed by atoms with van der Waals surface area (Å²) >= 11 is 0. The first-order valence-corrected chi connectivity index (χ1v) is 10.0. The van der Waals surface area contributed by atoms with E-state index in [2.05, 4.69) is 10.6 Å². The van der Waals surface area contributed by atoms with Crippen LogP contribution >= 0.6 is 0 Å². The van der Waals surface area contributed by atoms with E-state index >= 15 is 0 Å². The van der Waals surface area contributed by atoms with E-state index < -0.39 is 9.84 Å². The monoisotopic (exact) mass is 314 g/mol. The maximum Gasteiger partial charge on any atom is 0.227 e. The molecule has 120 valence electrons. The van der Waals surface area contributed by atoms with Gasteiger partial charge in [-0.05, 0) is 44.1 Å². The number of nitrogens with one attached hydrogen (secondary N) is 2. The van der Waals surface area contributed by atoms with Crippen LogP contribution in [0.1, 0.15) is 38.5 Å². The summed E-state index contributed by atoms with van der Waals surface area (Å²) in [4.78, 5) is 12.6. The molecule has 1 heterocycles. The Bertz CT molecular complexity index is 501. The fourth-order valence-electron chi connectivity index (χ4n) is 3.91. The molecule has 3 aliphatic rings. The van der Waals surface area contributed by atoms with Crippen LogP contribution in [-0.4, -0.2) is 45.5 Å². The van der Waals surface area contributed by atoms with Crippen molar-refractivity contribution in [2.45, 2.75) is 38.5 Å². The highest BCUT2D eigenvalue weighted by atomic mass is 32.2. The van der Waals surface area contributed by atoms with Gasteiger partial charge in [-0.3, -0.25) is 4.79 Å². The summed E-state index contributed by atoms with van der Waals surface area (Å²) in [7, 11) is -3.00. The number of hydrogen-bond donors (Lipinski definition) is 2. The molecule has 1 amide bonds. The van der Waals surface area contributed by atoms with Gasteiger partial charge in [-0.25, -0.2) is 8.42 Å². The Morgan fingerprint density at radius 2 is 2.05 bits per heavy atom. The maximum absolute atomic E-state index is 12.6. The average Bonchev–Trinajstić information content (AvgIpc) is 3.12. The molecule has 21 heavy (non-hydrogen) atoms. The second kappa shape index (κ2) is 5.88. The van der Waals surface area contributed by atoms with E-state index in [1.807, 2.05) is 0 Å². The van der Waals surface area contributed by atoms with Crippen LogP contribution in [0.15, 0.2) is 0 Å². The number of carbonyl (C=O) groups excluding carboxylic acids is 1. The maximum atomic E-state index is 12.6. The van der Waals surface area contributed by atoms with Crippen LogP contribution in [0.4, 0.5) is 0 Å². The van der Waals surface area contributed by atoms with Crippen molar-refractivity contribution in [2.75, 3.05) is 31.1 Å². The van der Waals surface area contributed by atoms with Crippen molar-refractivity contribution < 1.29 is 13.2 Å². The molecule has 0 radical (unpaired) electrons. The Morgan fingerprint density at radius 3 is 2.81 bits per heavy atom. The molecule has 2 N–H and O–H groups in total. The van der Waals surface area contributed by atoms with E-state index in [1.54, 1.807) is 0 Å². The van der Waals surface area contributed by atoms with Gasteiger partial charge >= 0.3 is 0 Å². The highest BCUT2D eigenvalue weighted by molar-refractivity contribution is 7.91. The fourth-order valence-corrected chi connectivity index (χ4v) is 5.54. The molecule has 3 rings (SSSR count). The second-order valence-corrected chi connectivity index (χ2v) is 9.27. The molecule has 0 aromatic carbocycles. The van der Waals surface area contributed by atoms with Gasteiger partial charge in [0.15, 0.2) is 9.84 Å². The zero-order valence-corrected chi connectivity index (χ0v) is 13.4. The molecule has 1 aliphatic heterocycles. The van der Waals surface area contributed by atoms with Crippen molar-refractivity contribution >= 4 is 15.7 Å². The number of carbonyl (C=O) groups is 1. The highest BCUT2D eigenvalue weighted by Crippen LogP contribution is 2.43. The van der Waals surface area contributed by atoms with Crippen molar-refractivity contribution in [1.29, 1.82) is 0 Å². The summed E-state index contributed by atoms with van der Waals surface area (Å²) < 4.78 is 23.8. The first-order chi connectivity index (χ1) is 10.0. The summed E-state index contributed by atoms with van der Waals surface area (Å²) in [5.41, 5.74) is -0.279. The van der Waals surface area contributed by atoms with Crippen molar-refractivity contribution in [3.63, 3.8) is 0 Å². The minimum Gasteiger partial charge on any atom is -0.355 e. The van der Waals surface area contributed by atoms with Gasteiger partial charge in [0, 0.05) is 13.1 Å². The standard InChI is InChI=1S/C15H26N2O3S/c18-14(15-6-2-1-3-13(15)9-16-11-15)17-7-8-21(19,20)10-12-4-5-12/h12-13,16H,1-11H2,(H,17,18)/t13-,15+/m0/s1. The molecule has 0 aromatic rings. The van der Waals surface area contributed by atoms with Gasteiger partial charge in [0.1, 0.15) is 0 Å². The minimum atomic E-state index is -3.00. The van der Waals surface area contributed by atoms with E-state index in [-0.39, 0.29) is 23.6 Å². The van der Waals surface area contributed by atoms with Crippen molar-refractivity contribution in [3.8, 4) is 0 Å². The Balaban J connectivity index is 1.51. The summed E-state index contributed by atoms with van der Waals surface area (Å²) in [6, 6.07) is 0. The minimum absolute atomic E-state index is 0.0684. The van der Waals surface area contributed by atoms with Gasteiger partial charge in [0.25, 0.3) is 0 Å². The van der Waals surface area contributed by atoms with Crippen LogP contribution in [0, 0.1) is 17.3 Å². The van der Waals surface area contributed by atoms with Crippen LogP contribution in [-0.2, 0) is 14.6 Å². The van der Waals surface area contributed by atoms with Gasteiger partial charge < -0.3 is 10.6 Å². The number of hydrogen-bond acceptors (Lipinski definition) is 4. The first kappa shape index (κ1) is 15.3. The van der Waals surface area contributed by atoms with Crippen LogP contribution in [0.3, 0.4) is 0 Å². The predicted molar refractivity (Wildman–Crippen MR) is 81.6 cm³/mol. The Morgan fingerprint density at radius 1 is 1.24 bits per heavy atom. The molecule has 1 saturated heterocycles. The third-order valence-corrected chi connectivity index (χ3v) is 7.18. The van der Waals surface area contributed by atoms with Crippen LogP contribution in [0.25, 0.3) is 0 Å². The predicted octanol–water partition coefficient (Wildman–Crippen LogP) is 0.707. The van der Waals surface area contributed by atoms with Gasteiger partial charge in [-0.1, -0.05) is 12.8 Å². The molecule has 0 bridgehead atoms. The lowest BCUT2D eigenvalue weighted by atomic mass is 9.67. The Kier molecular flexibility index (Phi) is 4.28. The molecule has 0 unspecified atom stereocenters. The third-order valence-electron chi connectivity index (χ3n) is 5.38. The molecule has 3 fully saturated rings. The molecule has 6 heteroatoms. The lowest BCUT2D eigenvalue weighted by Crippen LogP contribution is -2.48. The number of fused-ring (bicyclic) bond motifs is 1.